The zero-order chi connectivity index (χ0) is 13.8. The van der Waals surface area contributed by atoms with Gasteiger partial charge in [0.2, 0.25) is 0 Å². The molecule has 5 nitrogen and oxygen atoms in total. The zero-order valence-electron chi connectivity index (χ0n) is 11.1. The van der Waals surface area contributed by atoms with Crippen molar-refractivity contribution in [2.24, 2.45) is 0 Å². The molecule has 2 aromatic rings. The summed E-state index contributed by atoms with van der Waals surface area (Å²) in [7, 11) is 3.13. The van der Waals surface area contributed by atoms with E-state index < -0.39 is 6.10 Å². The Morgan fingerprint density at radius 1 is 1.16 bits per heavy atom. The first-order valence-electron chi connectivity index (χ1n) is 5.85. The second-order valence-electron chi connectivity index (χ2n) is 4.04. The molecule has 1 N–H and O–H groups in total. The molecule has 0 saturated carbocycles. The lowest BCUT2D eigenvalue weighted by molar-refractivity contribution is 0.209. The zero-order valence-corrected chi connectivity index (χ0v) is 11.1. The van der Waals surface area contributed by atoms with Gasteiger partial charge in [-0.25, -0.2) is 9.97 Å². The van der Waals surface area contributed by atoms with Crippen LogP contribution in [0.1, 0.15) is 23.2 Å². The molecule has 0 spiro atoms. The predicted octanol–water partition coefficient (Wildman–Crippen LogP) is 1.88. The topological polar surface area (TPSA) is 64.5 Å². The molecule has 0 bridgehead atoms. The third-order valence-corrected chi connectivity index (χ3v) is 2.81. The molecule has 1 heterocycles. The van der Waals surface area contributed by atoms with Gasteiger partial charge in [-0.15, -0.1) is 0 Å². The van der Waals surface area contributed by atoms with E-state index >= 15 is 0 Å². The Morgan fingerprint density at radius 2 is 1.95 bits per heavy atom. The van der Waals surface area contributed by atoms with E-state index in [0.29, 0.717) is 28.6 Å². The van der Waals surface area contributed by atoms with Gasteiger partial charge in [-0.1, -0.05) is 0 Å². The van der Waals surface area contributed by atoms with E-state index in [4.69, 9.17) is 9.47 Å². The van der Waals surface area contributed by atoms with E-state index in [-0.39, 0.29) is 0 Å². The van der Waals surface area contributed by atoms with Crippen LogP contribution in [0.3, 0.4) is 0 Å². The fraction of sp³-hybridized carbons (Fsp3) is 0.286. The smallest absolute Gasteiger partial charge is 0.128 e. The van der Waals surface area contributed by atoms with Crippen molar-refractivity contribution >= 4 is 0 Å². The number of aryl methyl sites for hydroxylation is 1. The normalized spacial score (nSPS) is 12.0. The highest BCUT2D eigenvalue weighted by atomic mass is 16.5. The van der Waals surface area contributed by atoms with Gasteiger partial charge in [0.1, 0.15) is 23.4 Å². The van der Waals surface area contributed by atoms with Crippen molar-refractivity contribution in [1.29, 1.82) is 0 Å². The maximum atomic E-state index is 10.4. The molecule has 0 radical (unpaired) electrons. The lowest BCUT2D eigenvalue weighted by Crippen LogP contribution is -2.06. The molecule has 0 aliphatic carbocycles. The lowest BCUT2D eigenvalue weighted by atomic mass is 10.0. The largest absolute Gasteiger partial charge is 0.497 e. The molecule has 0 fully saturated rings. The molecule has 1 aromatic carbocycles. The van der Waals surface area contributed by atoms with Crippen LogP contribution in [0.5, 0.6) is 11.5 Å². The van der Waals surface area contributed by atoms with Gasteiger partial charge in [0.15, 0.2) is 0 Å². The molecule has 1 aromatic heterocycles. The number of methoxy groups -OCH3 is 2. The molecule has 2 rings (SSSR count). The Balaban J connectivity index is 2.40. The average molecular weight is 260 g/mol. The van der Waals surface area contributed by atoms with Crippen molar-refractivity contribution in [3.05, 3.63) is 47.5 Å². The summed E-state index contributed by atoms with van der Waals surface area (Å²) in [5.74, 6) is 1.85. The first-order valence-corrected chi connectivity index (χ1v) is 5.85. The molecule has 0 saturated heterocycles. The van der Waals surface area contributed by atoms with Gasteiger partial charge < -0.3 is 14.6 Å². The van der Waals surface area contributed by atoms with Crippen LogP contribution in [0.25, 0.3) is 0 Å². The van der Waals surface area contributed by atoms with Gasteiger partial charge in [0.25, 0.3) is 0 Å². The third kappa shape index (κ3) is 2.82. The van der Waals surface area contributed by atoms with Gasteiger partial charge in [-0.05, 0) is 25.1 Å². The molecule has 0 amide bonds. The highest BCUT2D eigenvalue weighted by Crippen LogP contribution is 2.32. The first kappa shape index (κ1) is 13.3. The Bertz CT molecular complexity index is 572. The standard InChI is InChI=1S/C14H16N2O3/c1-9-15-7-6-12(16-9)14(17)11-5-4-10(18-2)8-13(11)19-3/h4-8,14,17H,1-3H3. The van der Waals surface area contributed by atoms with Crippen LogP contribution in [0.2, 0.25) is 0 Å². The van der Waals surface area contributed by atoms with Crippen molar-refractivity contribution < 1.29 is 14.6 Å². The molecule has 1 unspecified atom stereocenters. The summed E-state index contributed by atoms with van der Waals surface area (Å²) in [6.45, 7) is 1.78. The summed E-state index contributed by atoms with van der Waals surface area (Å²) < 4.78 is 10.4. The SMILES string of the molecule is COc1ccc(C(O)c2ccnc(C)n2)c(OC)c1. The van der Waals surface area contributed by atoms with Gasteiger partial charge in [-0.2, -0.15) is 0 Å². The molecule has 19 heavy (non-hydrogen) atoms. The number of hydrogen-bond donors (Lipinski definition) is 1. The number of aliphatic hydroxyl groups is 1. The predicted molar refractivity (Wildman–Crippen MR) is 70.4 cm³/mol. The molecule has 5 heteroatoms. The first-order chi connectivity index (χ1) is 9.15. The summed E-state index contributed by atoms with van der Waals surface area (Å²) in [6.07, 6.45) is 0.763. The summed E-state index contributed by atoms with van der Waals surface area (Å²) in [6, 6.07) is 6.95. The number of hydrogen-bond acceptors (Lipinski definition) is 5. The molecule has 0 aliphatic rings. The number of rotatable bonds is 4. The highest BCUT2D eigenvalue weighted by molar-refractivity contribution is 5.44. The second kappa shape index (κ2) is 5.67. The fourth-order valence-electron chi connectivity index (χ4n) is 1.83. The van der Waals surface area contributed by atoms with Crippen molar-refractivity contribution in [3.8, 4) is 11.5 Å². The minimum Gasteiger partial charge on any atom is -0.497 e. The number of nitrogens with zero attached hydrogens (tertiary/aromatic N) is 2. The van der Waals surface area contributed by atoms with Gasteiger partial charge in [0, 0.05) is 17.8 Å². The quantitative estimate of drug-likeness (QED) is 0.909. The van der Waals surface area contributed by atoms with Crippen LogP contribution < -0.4 is 9.47 Å². The van der Waals surface area contributed by atoms with Gasteiger partial charge in [0.05, 0.1) is 19.9 Å². The Kier molecular flexibility index (Phi) is 3.97. The molecular formula is C14H16N2O3. The van der Waals surface area contributed by atoms with Gasteiger partial charge in [-0.3, -0.25) is 0 Å². The van der Waals surface area contributed by atoms with E-state index in [0.717, 1.165) is 0 Å². The number of ether oxygens (including phenoxy) is 2. The monoisotopic (exact) mass is 260 g/mol. The van der Waals surface area contributed by atoms with E-state index in [1.165, 1.54) is 0 Å². The maximum absolute atomic E-state index is 10.4. The molecule has 100 valence electrons. The summed E-state index contributed by atoms with van der Waals surface area (Å²) >= 11 is 0. The van der Waals surface area contributed by atoms with Crippen molar-refractivity contribution in [1.82, 2.24) is 9.97 Å². The number of aromatic nitrogens is 2. The number of aliphatic hydroxyl groups excluding tert-OH is 1. The minimum atomic E-state index is -0.859. The highest BCUT2D eigenvalue weighted by Gasteiger charge is 2.17. The Labute approximate surface area is 111 Å². The number of benzene rings is 1. The van der Waals surface area contributed by atoms with Crippen LogP contribution in [0.4, 0.5) is 0 Å². The fourth-order valence-corrected chi connectivity index (χ4v) is 1.83. The van der Waals surface area contributed by atoms with Crippen molar-refractivity contribution in [3.63, 3.8) is 0 Å². The molecule has 0 aliphatic heterocycles. The van der Waals surface area contributed by atoms with E-state index in [2.05, 4.69) is 9.97 Å². The summed E-state index contributed by atoms with van der Waals surface area (Å²) in [5.41, 5.74) is 1.18. The lowest BCUT2D eigenvalue weighted by Gasteiger charge is -2.15. The third-order valence-electron chi connectivity index (χ3n) is 2.81. The van der Waals surface area contributed by atoms with E-state index in [1.807, 2.05) is 0 Å². The van der Waals surface area contributed by atoms with Crippen LogP contribution in [-0.4, -0.2) is 29.3 Å². The summed E-state index contributed by atoms with van der Waals surface area (Å²) in [5, 5.41) is 10.4. The molecule has 1 atom stereocenters. The second-order valence-corrected chi connectivity index (χ2v) is 4.04. The van der Waals surface area contributed by atoms with E-state index in [1.54, 1.807) is 51.6 Å². The van der Waals surface area contributed by atoms with Crippen LogP contribution in [-0.2, 0) is 0 Å². The van der Waals surface area contributed by atoms with E-state index in [9.17, 15) is 5.11 Å². The maximum Gasteiger partial charge on any atom is 0.128 e. The van der Waals surface area contributed by atoms with Gasteiger partial charge >= 0.3 is 0 Å². The summed E-state index contributed by atoms with van der Waals surface area (Å²) in [4.78, 5) is 8.23. The Morgan fingerprint density at radius 3 is 2.58 bits per heavy atom. The minimum absolute atomic E-state index is 0.538. The Hall–Kier alpha value is -2.14. The van der Waals surface area contributed by atoms with Crippen LogP contribution in [0.15, 0.2) is 30.5 Å². The van der Waals surface area contributed by atoms with Crippen molar-refractivity contribution in [2.45, 2.75) is 13.0 Å². The average Bonchev–Trinajstić information content (AvgIpc) is 2.45. The van der Waals surface area contributed by atoms with Crippen LogP contribution in [0, 0.1) is 6.92 Å². The van der Waals surface area contributed by atoms with Crippen molar-refractivity contribution in [2.75, 3.05) is 14.2 Å². The molecular weight excluding hydrogens is 244 g/mol. The van der Waals surface area contributed by atoms with Crippen LogP contribution >= 0.6 is 0 Å².